The fourth-order valence-corrected chi connectivity index (χ4v) is 2.36. The SMILES string of the molecule is COC(=O)c1ccc(C)c(NC(=O)c2cccc(NC(=O)OC(C)(C)C)c2)c1. The molecule has 0 unspecified atom stereocenters. The number of ether oxygens (including phenoxy) is 2. The maximum atomic E-state index is 12.6. The van der Waals surface area contributed by atoms with E-state index in [1.807, 2.05) is 6.92 Å². The zero-order valence-electron chi connectivity index (χ0n) is 16.6. The third kappa shape index (κ3) is 5.84. The number of esters is 1. The van der Waals surface area contributed by atoms with E-state index in [0.29, 0.717) is 22.5 Å². The molecule has 7 heteroatoms. The van der Waals surface area contributed by atoms with E-state index in [0.717, 1.165) is 5.56 Å². The van der Waals surface area contributed by atoms with Crippen molar-refractivity contribution in [3.8, 4) is 0 Å². The van der Waals surface area contributed by atoms with Crippen LogP contribution in [0.3, 0.4) is 0 Å². The molecule has 0 heterocycles. The molecule has 0 aliphatic heterocycles. The van der Waals surface area contributed by atoms with Crippen molar-refractivity contribution in [2.45, 2.75) is 33.3 Å². The molecule has 148 valence electrons. The summed E-state index contributed by atoms with van der Waals surface area (Å²) in [5, 5.41) is 5.37. The first-order valence-corrected chi connectivity index (χ1v) is 8.69. The molecule has 0 aromatic heterocycles. The first-order valence-electron chi connectivity index (χ1n) is 8.69. The molecular weight excluding hydrogens is 360 g/mol. The zero-order valence-corrected chi connectivity index (χ0v) is 16.6. The van der Waals surface area contributed by atoms with Gasteiger partial charge in [-0.1, -0.05) is 12.1 Å². The fourth-order valence-electron chi connectivity index (χ4n) is 2.36. The van der Waals surface area contributed by atoms with Gasteiger partial charge in [0.1, 0.15) is 5.60 Å². The molecule has 0 aliphatic carbocycles. The summed E-state index contributed by atoms with van der Waals surface area (Å²) in [6.07, 6.45) is -0.605. The van der Waals surface area contributed by atoms with E-state index in [4.69, 9.17) is 9.47 Å². The monoisotopic (exact) mass is 384 g/mol. The molecule has 2 rings (SSSR count). The number of hydrogen-bond acceptors (Lipinski definition) is 5. The lowest BCUT2D eigenvalue weighted by molar-refractivity contribution is 0.0598. The Bertz CT molecular complexity index is 900. The van der Waals surface area contributed by atoms with E-state index in [2.05, 4.69) is 10.6 Å². The molecule has 28 heavy (non-hydrogen) atoms. The van der Waals surface area contributed by atoms with Crippen LogP contribution in [0.25, 0.3) is 0 Å². The zero-order chi connectivity index (χ0) is 20.9. The van der Waals surface area contributed by atoms with Gasteiger partial charge in [0.2, 0.25) is 0 Å². The van der Waals surface area contributed by atoms with Crippen LogP contribution in [-0.2, 0) is 9.47 Å². The highest BCUT2D eigenvalue weighted by molar-refractivity contribution is 6.06. The van der Waals surface area contributed by atoms with Gasteiger partial charge in [0.25, 0.3) is 5.91 Å². The third-order valence-electron chi connectivity index (χ3n) is 3.68. The second-order valence-corrected chi connectivity index (χ2v) is 7.18. The van der Waals surface area contributed by atoms with Gasteiger partial charge in [-0.2, -0.15) is 0 Å². The van der Waals surface area contributed by atoms with Crippen LogP contribution in [0.5, 0.6) is 0 Å². The molecule has 2 aromatic carbocycles. The van der Waals surface area contributed by atoms with Crippen molar-refractivity contribution in [3.05, 3.63) is 59.2 Å². The predicted octanol–water partition coefficient (Wildman–Crippen LogP) is 4.38. The summed E-state index contributed by atoms with van der Waals surface area (Å²) >= 11 is 0. The van der Waals surface area contributed by atoms with E-state index in [-0.39, 0.29) is 5.91 Å². The molecule has 2 N–H and O–H groups in total. The van der Waals surface area contributed by atoms with Crippen molar-refractivity contribution in [1.29, 1.82) is 0 Å². The second-order valence-electron chi connectivity index (χ2n) is 7.18. The van der Waals surface area contributed by atoms with Crippen LogP contribution in [0, 0.1) is 6.92 Å². The molecule has 7 nitrogen and oxygen atoms in total. The van der Waals surface area contributed by atoms with Gasteiger partial charge < -0.3 is 14.8 Å². The molecule has 2 aromatic rings. The minimum Gasteiger partial charge on any atom is -0.465 e. The Hall–Kier alpha value is -3.35. The molecule has 0 aliphatic rings. The van der Waals surface area contributed by atoms with Crippen LogP contribution in [0.2, 0.25) is 0 Å². The van der Waals surface area contributed by atoms with Crippen LogP contribution in [0.15, 0.2) is 42.5 Å². The molecule has 0 spiro atoms. The number of hydrogen-bond donors (Lipinski definition) is 2. The highest BCUT2D eigenvalue weighted by Crippen LogP contribution is 2.20. The van der Waals surface area contributed by atoms with Gasteiger partial charge in [-0.3, -0.25) is 10.1 Å². The quantitative estimate of drug-likeness (QED) is 0.763. The lowest BCUT2D eigenvalue weighted by Crippen LogP contribution is -2.27. The Kier molecular flexibility index (Phi) is 6.41. The summed E-state index contributed by atoms with van der Waals surface area (Å²) < 4.78 is 9.91. The van der Waals surface area contributed by atoms with E-state index in [1.165, 1.54) is 7.11 Å². The molecular formula is C21H24N2O5. The number of rotatable bonds is 4. The van der Waals surface area contributed by atoms with Gasteiger partial charge in [-0.15, -0.1) is 0 Å². The van der Waals surface area contributed by atoms with Gasteiger partial charge in [-0.25, -0.2) is 9.59 Å². The smallest absolute Gasteiger partial charge is 0.412 e. The number of anilines is 2. The summed E-state index contributed by atoms with van der Waals surface area (Å²) in [7, 11) is 1.30. The van der Waals surface area contributed by atoms with Crippen molar-refractivity contribution in [3.63, 3.8) is 0 Å². The van der Waals surface area contributed by atoms with E-state index in [1.54, 1.807) is 63.2 Å². The summed E-state index contributed by atoms with van der Waals surface area (Å²) in [5.74, 6) is -0.864. The molecule has 0 radical (unpaired) electrons. The van der Waals surface area contributed by atoms with Gasteiger partial charge in [0.15, 0.2) is 0 Å². The summed E-state index contributed by atoms with van der Waals surface area (Å²) in [4.78, 5) is 36.2. The normalized spacial score (nSPS) is 10.8. The largest absolute Gasteiger partial charge is 0.465 e. The van der Waals surface area contributed by atoms with E-state index in [9.17, 15) is 14.4 Å². The molecule has 0 saturated carbocycles. The Balaban J connectivity index is 2.15. The Morgan fingerprint density at radius 1 is 0.929 bits per heavy atom. The summed E-state index contributed by atoms with van der Waals surface area (Å²) in [6, 6.07) is 11.4. The van der Waals surface area contributed by atoms with Crippen LogP contribution < -0.4 is 10.6 Å². The van der Waals surface area contributed by atoms with Gasteiger partial charge in [0.05, 0.1) is 12.7 Å². The fraction of sp³-hybridized carbons (Fsp3) is 0.286. The van der Waals surface area contributed by atoms with E-state index >= 15 is 0 Å². The second kappa shape index (κ2) is 8.56. The number of nitrogens with one attached hydrogen (secondary N) is 2. The standard InChI is InChI=1S/C21H24N2O5/c1-13-9-10-15(19(25)27-5)12-17(13)23-18(24)14-7-6-8-16(11-14)22-20(26)28-21(2,3)4/h6-12H,1-5H3,(H,22,26)(H,23,24). The first kappa shape index (κ1) is 21.0. The van der Waals surface area contributed by atoms with Crippen LogP contribution in [0.4, 0.5) is 16.2 Å². The molecule has 0 bridgehead atoms. The first-order chi connectivity index (χ1) is 13.1. The number of methoxy groups -OCH3 is 1. The van der Waals surface area contributed by atoms with Crippen molar-refractivity contribution < 1.29 is 23.9 Å². The van der Waals surface area contributed by atoms with Crippen molar-refractivity contribution in [1.82, 2.24) is 0 Å². The molecule has 0 saturated heterocycles. The lowest BCUT2D eigenvalue weighted by Gasteiger charge is -2.19. The summed E-state index contributed by atoms with van der Waals surface area (Å²) in [5.41, 5.74) is 1.78. The number of amides is 2. The van der Waals surface area contributed by atoms with Crippen molar-refractivity contribution in [2.75, 3.05) is 17.7 Å². The maximum absolute atomic E-state index is 12.6. The van der Waals surface area contributed by atoms with Crippen LogP contribution in [0.1, 0.15) is 47.1 Å². The topological polar surface area (TPSA) is 93.7 Å². The van der Waals surface area contributed by atoms with Gasteiger partial charge >= 0.3 is 12.1 Å². The number of carbonyl (C=O) groups is 3. The minimum absolute atomic E-state index is 0.337. The van der Waals surface area contributed by atoms with Crippen LogP contribution in [-0.4, -0.2) is 30.7 Å². The number of benzene rings is 2. The number of carbonyl (C=O) groups excluding carboxylic acids is 3. The minimum atomic E-state index is -0.624. The van der Waals surface area contributed by atoms with E-state index < -0.39 is 17.7 Å². The maximum Gasteiger partial charge on any atom is 0.412 e. The average Bonchev–Trinajstić information content (AvgIpc) is 2.61. The van der Waals surface area contributed by atoms with Crippen LogP contribution >= 0.6 is 0 Å². The lowest BCUT2D eigenvalue weighted by atomic mass is 10.1. The average molecular weight is 384 g/mol. The molecule has 0 atom stereocenters. The predicted molar refractivity (Wildman–Crippen MR) is 107 cm³/mol. The van der Waals surface area contributed by atoms with Gasteiger partial charge in [-0.05, 0) is 63.6 Å². The Morgan fingerprint density at radius 3 is 2.29 bits per heavy atom. The third-order valence-corrected chi connectivity index (χ3v) is 3.68. The van der Waals surface area contributed by atoms with Gasteiger partial charge in [0, 0.05) is 16.9 Å². The molecule has 0 fully saturated rings. The number of aryl methyl sites for hydroxylation is 1. The Labute approximate surface area is 164 Å². The molecule has 2 amide bonds. The highest BCUT2D eigenvalue weighted by atomic mass is 16.6. The van der Waals surface area contributed by atoms with Crippen molar-refractivity contribution in [2.24, 2.45) is 0 Å². The summed E-state index contributed by atoms with van der Waals surface area (Å²) in [6.45, 7) is 7.11. The van der Waals surface area contributed by atoms with Crippen molar-refractivity contribution >= 4 is 29.3 Å². The highest BCUT2D eigenvalue weighted by Gasteiger charge is 2.17. The Morgan fingerprint density at radius 2 is 1.64 bits per heavy atom.